The molecule has 154 valence electrons. The Kier molecular flexibility index (Phi) is 5.52. The largest absolute Gasteiger partial charge is 0.497 e. The lowest BCUT2D eigenvalue weighted by atomic mass is 9.79. The number of oxazole rings is 1. The second-order valence-corrected chi connectivity index (χ2v) is 8.44. The number of aromatic nitrogens is 1. The zero-order valence-electron chi connectivity index (χ0n) is 17.3. The van der Waals surface area contributed by atoms with Gasteiger partial charge < -0.3 is 13.9 Å². The van der Waals surface area contributed by atoms with Gasteiger partial charge in [0, 0.05) is 37.3 Å². The van der Waals surface area contributed by atoms with E-state index in [1.165, 1.54) is 12.8 Å². The van der Waals surface area contributed by atoms with Crippen molar-refractivity contribution in [3.8, 4) is 5.75 Å². The summed E-state index contributed by atoms with van der Waals surface area (Å²) in [5.41, 5.74) is 1.73. The van der Waals surface area contributed by atoms with E-state index in [4.69, 9.17) is 13.9 Å². The van der Waals surface area contributed by atoms with Gasteiger partial charge in [0.1, 0.15) is 5.75 Å². The van der Waals surface area contributed by atoms with Gasteiger partial charge in [0.15, 0.2) is 5.58 Å². The molecule has 0 spiro atoms. The van der Waals surface area contributed by atoms with Gasteiger partial charge in [0.05, 0.1) is 18.7 Å². The van der Waals surface area contributed by atoms with Crippen LogP contribution in [0.1, 0.15) is 58.4 Å². The van der Waals surface area contributed by atoms with Gasteiger partial charge in [-0.3, -0.25) is 9.47 Å². The zero-order chi connectivity index (χ0) is 19.7. The van der Waals surface area contributed by atoms with Crippen LogP contribution in [0.15, 0.2) is 27.4 Å². The molecule has 2 aliphatic rings. The van der Waals surface area contributed by atoms with Crippen LogP contribution in [0.5, 0.6) is 5.75 Å². The molecule has 2 heterocycles. The van der Waals surface area contributed by atoms with E-state index < -0.39 is 0 Å². The molecule has 0 atom stereocenters. The monoisotopic (exact) mass is 388 g/mol. The van der Waals surface area contributed by atoms with Crippen LogP contribution in [0.4, 0.5) is 0 Å². The second-order valence-electron chi connectivity index (χ2n) is 8.44. The number of hydrogen-bond donors (Lipinski definition) is 0. The highest BCUT2D eigenvalue weighted by Gasteiger charge is 2.38. The Balaban J connectivity index is 1.45. The molecular weight excluding hydrogens is 356 g/mol. The molecule has 1 aromatic carbocycles. The van der Waals surface area contributed by atoms with Crippen molar-refractivity contribution in [2.24, 2.45) is 0 Å². The molecule has 0 bridgehead atoms. The number of ether oxygens (including phenoxy) is 2. The molecule has 2 fully saturated rings. The van der Waals surface area contributed by atoms with Gasteiger partial charge in [-0.05, 0) is 64.5 Å². The maximum atomic E-state index is 12.5. The maximum Gasteiger partial charge on any atom is 0.420 e. The number of nitrogens with zero attached hydrogens (tertiary/aromatic N) is 2. The van der Waals surface area contributed by atoms with E-state index in [-0.39, 0.29) is 17.3 Å². The fraction of sp³-hybridized carbons (Fsp3) is 0.682. The van der Waals surface area contributed by atoms with Crippen molar-refractivity contribution in [3.05, 3.63) is 28.7 Å². The quantitative estimate of drug-likeness (QED) is 0.775. The normalized spacial score (nSPS) is 27.3. The first-order chi connectivity index (χ1) is 13.5. The van der Waals surface area contributed by atoms with E-state index in [0.717, 1.165) is 56.6 Å². The maximum absolute atomic E-state index is 12.5. The summed E-state index contributed by atoms with van der Waals surface area (Å²) in [7, 11) is 1.64. The Morgan fingerprint density at radius 2 is 1.89 bits per heavy atom. The molecule has 1 aliphatic carbocycles. The molecule has 1 aromatic heterocycles. The molecule has 6 nitrogen and oxygen atoms in total. The first kappa shape index (κ1) is 19.5. The predicted octanol–water partition coefficient (Wildman–Crippen LogP) is 3.98. The Hall–Kier alpha value is -1.79. The molecule has 0 amide bonds. The van der Waals surface area contributed by atoms with Crippen molar-refractivity contribution in [1.29, 1.82) is 0 Å². The van der Waals surface area contributed by atoms with Crippen LogP contribution in [0.3, 0.4) is 0 Å². The molecule has 1 saturated heterocycles. The van der Waals surface area contributed by atoms with Gasteiger partial charge in [0.25, 0.3) is 0 Å². The Morgan fingerprint density at radius 1 is 1.18 bits per heavy atom. The lowest BCUT2D eigenvalue weighted by Crippen LogP contribution is -2.52. The predicted molar refractivity (Wildman–Crippen MR) is 109 cm³/mol. The third-order valence-electron chi connectivity index (χ3n) is 6.82. The molecule has 6 heteroatoms. The molecule has 0 unspecified atom stereocenters. The second kappa shape index (κ2) is 7.91. The molecule has 1 aliphatic heterocycles. The number of piperidine rings is 1. The molecule has 2 aromatic rings. The summed E-state index contributed by atoms with van der Waals surface area (Å²) in [4.78, 5) is 15.1. The van der Waals surface area contributed by atoms with E-state index in [1.807, 2.05) is 22.8 Å². The van der Waals surface area contributed by atoms with E-state index >= 15 is 0 Å². The smallest absolute Gasteiger partial charge is 0.420 e. The Morgan fingerprint density at radius 3 is 2.54 bits per heavy atom. The molecule has 28 heavy (non-hydrogen) atoms. The standard InChI is InChI=1S/C22H32N2O4/c1-4-27-17-7-11-22(2,12-8-17)23-13-9-16(10-14-23)24-19-15-18(26-3)5-6-20(19)28-21(24)25/h5-6,15-17H,4,7-14H2,1-3H3/t17-,22-. The van der Waals surface area contributed by atoms with Crippen LogP contribution in [-0.4, -0.2) is 47.9 Å². The number of benzene rings is 1. The first-order valence-corrected chi connectivity index (χ1v) is 10.6. The van der Waals surface area contributed by atoms with Crippen molar-refractivity contribution < 1.29 is 13.9 Å². The minimum Gasteiger partial charge on any atom is -0.497 e. The molecule has 4 rings (SSSR count). The number of likely N-dealkylation sites (tertiary alicyclic amines) is 1. The SMILES string of the molecule is CCO[C@H]1CC[C@](C)(N2CCC(n3c(=O)oc4ccc(OC)cc43)CC2)CC1. The Labute approximate surface area is 166 Å². The highest BCUT2D eigenvalue weighted by molar-refractivity contribution is 5.75. The van der Waals surface area contributed by atoms with Crippen LogP contribution in [0.25, 0.3) is 11.1 Å². The van der Waals surface area contributed by atoms with Crippen LogP contribution in [0.2, 0.25) is 0 Å². The van der Waals surface area contributed by atoms with Gasteiger partial charge in [-0.25, -0.2) is 4.79 Å². The summed E-state index contributed by atoms with van der Waals surface area (Å²) in [5, 5.41) is 0. The third-order valence-corrected chi connectivity index (χ3v) is 6.82. The first-order valence-electron chi connectivity index (χ1n) is 10.6. The molecular formula is C22H32N2O4. The highest BCUT2D eigenvalue weighted by atomic mass is 16.5. The van der Waals surface area contributed by atoms with E-state index in [2.05, 4.69) is 18.7 Å². The molecule has 0 N–H and O–H groups in total. The summed E-state index contributed by atoms with van der Waals surface area (Å²) in [6.45, 7) is 7.33. The van der Waals surface area contributed by atoms with Crippen LogP contribution < -0.4 is 10.5 Å². The number of methoxy groups -OCH3 is 1. The topological polar surface area (TPSA) is 56.8 Å². The van der Waals surface area contributed by atoms with Crippen LogP contribution in [0, 0.1) is 0 Å². The fourth-order valence-electron chi connectivity index (χ4n) is 5.08. The third kappa shape index (κ3) is 3.60. The van der Waals surface area contributed by atoms with E-state index in [1.54, 1.807) is 7.11 Å². The van der Waals surface area contributed by atoms with Crippen molar-refractivity contribution in [3.63, 3.8) is 0 Å². The molecule has 0 radical (unpaired) electrons. The zero-order valence-corrected chi connectivity index (χ0v) is 17.3. The fourth-order valence-corrected chi connectivity index (χ4v) is 5.08. The number of fused-ring (bicyclic) bond motifs is 1. The van der Waals surface area contributed by atoms with Crippen LogP contribution >= 0.6 is 0 Å². The van der Waals surface area contributed by atoms with Crippen molar-refractivity contribution in [2.75, 3.05) is 26.8 Å². The van der Waals surface area contributed by atoms with Crippen molar-refractivity contribution >= 4 is 11.1 Å². The van der Waals surface area contributed by atoms with Crippen LogP contribution in [-0.2, 0) is 4.74 Å². The van der Waals surface area contributed by atoms with Crippen molar-refractivity contribution in [2.45, 2.75) is 70.1 Å². The minimum atomic E-state index is -0.259. The summed E-state index contributed by atoms with van der Waals surface area (Å²) in [6.07, 6.45) is 7.04. The summed E-state index contributed by atoms with van der Waals surface area (Å²) in [6, 6.07) is 5.74. The highest BCUT2D eigenvalue weighted by Crippen LogP contribution is 2.38. The summed E-state index contributed by atoms with van der Waals surface area (Å²) < 4.78 is 18.5. The van der Waals surface area contributed by atoms with Gasteiger partial charge in [-0.2, -0.15) is 0 Å². The van der Waals surface area contributed by atoms with Crippen molar-refractivity contribution in [1.82, 2.24) is 9.47 Å². The van der Waals surface area contributed by atoms with Gasteiger partial charge in [-0.1, -0.05) is 0 Å². The number of hydrogen-bond acceptors (Lipinski definition) is 5. The van der Waals surface area contributed by atoms with E-state index in [9.17, 15) is 4.79 Å². The summed E-state index contributed by atoms with van der Waals surface area (Å²) >= 11 is 0. The molecule has 1 saturated carbocycles. The average molecular weight is 389 g/mol. The van der Waals surface area contributed by atoms with E-state index in [0.29, 0.717) is 11.7 Å². The lowest BCUT2D eigenvalue weighted by Gasteiger charge is -2.48. The number of rotatable bonds is 5. The summed E-state index contributed by atoms with van der Waals surface area (Å²) in [5.74, 6) is 0.489. The average Bonchev–Trinajstić information content (AvgIpc) is 3.05. The lowest BCUT2D eigenvalue weighted by molar-refractivity contribution is -0.0274. The van der Waals surface area contributed by atoms with Gasteiger partial charge in [-0.15, -0.1) is 0 Å². The minimum absolute atomic E-state index is 0.181. The van der Waals surface area contributed by atoms with Gasteiger partial charge in [0.2, 0.25) is 0 Å². The van der Waals surface area contributed by atoms with Gasteiger partial charge >= 0.3 is 5.76 Å². The Bertz CT molecular complexity index is 855.